The van der Waals surface area contributed by atoms with E-state index in [1.54, 1.807) is 30.5 Å². The first-order valence-electron chi connectivity index (χ1n) is 8.98. The van der Waals surface area contributed by atoms with Crippen LogP contribution in [-0.4, -0.2) is 61.7 Å². The second-order valence-electron chi connectivity index (χ2n) is 6.75. The molecular weight excluding hydrogens is 360 g/mol. The zero-order valence-corrected chi connectivity index (χ0v) is 16.1. The molecular formula is C20H22N4O2S. The molecule has 0 bridgehead atoms. The molecule has 0 radical (unpaired) electrons. The molecule has 0 N–H and O–H groups in total. The van der Waals surface area contributed by atoms with Crippen LogP contribution in [0.2, 0.25) is 0 Å². The van der Waals surface area contributed by atoms with Gasteiger partial charge in [0.2, 0.25) is 0 Å². The standard InChI is InChI=1S/C20H22N4O2S/c1-27(26)18-7-5-16(6-8-18)20(25)23-12-10-22(11-13-23)14-17-15-24-9-3-2-4-19(24)21-17/h2-9,15H,10-14H2,1H3. The summed E-state index contributed by atoms with van der Waals surface area (Å²) < 4.78 is 13.5. The molecule has 1 unspecified atom stereocenters. The Hall–Kier alpha value is -2.51. The SMILES string of the molecule is CS(=O)c1ccc(C(=O)N2CCN(Cc3cn4ccccc4n3)CC2)cc1. The van der Waals surface area contributed by atoms with Crippen LogP contribution in [0.15, 0.2) is 59.8 Å². The summed E-state index contributed by atoms with van der Waals surface area (Å²) in [7, 11) is -1.02. The van der Waals surface area contributed by atoms with E-state index in [1.807, 2.05) is 33.7 Å². The maximum atomic E-state index is 12.7. The van der Waals surface area contributed by atoms with Gasteiger partial charge in [-0.3, -0.25) is 13.9 Å². The monoisotopic (exact) mass is 382 g/mol. The molecule has 27 heavy (non-hydrogen) atoms. The number of hydrogen-bond acceptors (Lipinski definition) is 4. The van der Waals surface area contributed by atoms with Crippen molar-refractivity contribution in [2.24, 2.45) is 0 Å². The minimum Gasteiger partial charge on any atom is -0.336 e. The number of pyridine rings is 1. The largest absolute Gasteiger partial charge is 0.336 e. The van der Waals surface area contributed by atoms with Gasteiger partial charge >= 0.3 is 0 Å². The van der Waals surface area contributed by atoms with Crippen LogP contribution in [0.4, 0.5) is 0 Å². The molecule has 6 nitrogen and oxygen atoms in total. The molecule has 1 amide bonds. The molecule has 1 aliphatic rings. The quantitative estimate of drug-likeness (QED) is 0.693. The Bertz CT molecular complexity index is 942. The summed E-state index contributed by atoms with van der Waals surface area (Å²) in [6, 6.07) is 13.0. The molecule has 1 aliphatic heterocycles. The average molecular weight is 382 g/mol. The molecule has 4 rings (SSSR count). The highest BCUT2D eigenvalue weighted by atomic mass is 32.2. The number of amides is 1. The zero-order valence-electron chi connectivity index (χ0n) is 15.2. The molecule has 1 aromatic carbocycles. The maximum absolute atomic E-state index is 12.7. The Morgan fingerprint density at radius 3 is 2.48 bits per heavy atom. The van der Waals surface area contributed by atoms with Crippen molar-refractivity contribution >= 4 is 22.4 Å². The third-order valence-corrected chi connectivity index (χ3v) is 5.83. The van der Waals surface area contributed by atoms with Gasteiger partial charge in [-0.1, -0.05) is 6.07 Å². The molecule has 2 aromatic heterocycles. The number of hydrogen-bond donors (Lipinski definition) is 0. The summed E-state index contributed by atoms with van der Waals surface area (Å²) in [5.74, 6) is 0.0378. The minimum absolute atomic E-state index is 0.0378. The van der Waals surface area contributed by atoms with Gasteiger partial charge in [0, 0.05) is 72.6 Å². The number of aromatic nitrogens is 2. The van der Waals surface area contributed by atoms with Crippen molar-refractivity contribution in [2.45, 2.75) is 11.4 Å². The summed E-state index contributed by atoms with van der Waals surface area (Å²) >= 11 is 0. The number of carbonyl (C=O) groups excluding carboxylic acids is 1. The van der Waals surface area contributed by atoms with E-state index in [0.717, 1.165) is 35.9 Å². The van der Waals surface area contributed by atoms with Crippen molar-refractivity contribution in [2.75, 3.05) is 32.4 Å². The van der Waals surface area contributed by atoms with Crippen LogP contribution in [0.25, 0.3) is 5.65 Å². The van der Waals surface area contributed by atoms with Crippen molar-refractivity contribution in [1.82, 2.24) is 19.2 Å². The van der Waals surface area contributed by atoms with Crippen LogP contribution in [0.5, 0.6) is 0 Å². The Balaban J connectivity index is 1.35. The normalized spacial score (nSPS) is 16.6. The third kappa shape index (κ3) is 3.94. The van der Waals surface area contributed by atoms with E-state index in [2.05, 4.69) is 16.1 Å². The number of fused-ring (bicyclic) bond motifs is 1. The van der Waals surface area contributed by atoms with Crippen molar-refractivity contribution in [1.29, 1.82) is 0 Å². The molecule has 1 atom stereocenters. The minimum atomic E-state index is -1.02. The molecule has 0 aliphatic carbocycles. The van der Waals surface area contributed by atoms with E-state index in [9.17, 15) is 9.00 Å². The molecule has 3 heterocycles. The predicted octanol–water partition coefficient (Wildman–Crippen LogP) is 2.03. The number of piperazine rings is 1. The van der Waals surface area contributed by atoms with Crippen LogP contribution < -0.4 is 0 Å². The highest BCUT2D eigenvalue weighted by molar-refractivity contribution is 7.84. The van der Waals surface area contributed by atoms with Crippen molar-refractivity contribution in [3.63, 3.8) is 0 Å². The predicted molar refractivity (Wildman–Crippen MR) is 105 cm³/mol. The second-order valence-corrected chi connectivity index (χ2v) is 8.12. The summed E-state index contributed by atoms with van der Waals surface area (Å²) in [5, 5.41) is 0. The van der Waals surface area contributed by atoms with Crippen LogP contribution >= 0.6 is 0 Å². The molecule has 7 heteroatoms. The lowest BCUT2D eigenvalue weighted by molar-refractivity contribution is 0.0627. The van der Waals surface area contributed by atoms with Gasteiger partial charge in [0.15, 0.2) is 0 Å². The molecule has 0 saturated carbocycles. The Labute approximate surface area is 160 Å². The lowest BCUT2D eigenvalue weighted by atomic mass is 10.2. The fraction of sp³-hybridized carbons (Fsp3) is 0.300. The number of imidazole rings is 1. The summed E-state index contributed by atoms with van der Waals surface area (Å²) in [6.45, 7) is 3.86. The first-order valence-corrected chi connectivity index (χ1v) is 10.5. The van der Waals surface area contributed by atoms with Gasteiger partial charge in [0.05, 0.1) is 5.69 Å². The average Bonchev–Trinajstić information content (AvgIpc) is 3.10. The summed E-state index contributed by atoms with van der Waals surface area (Å²) in [6.07, 6.45) is 5.70. The topological polar surface area (TPSA) is 57.9 Å². The van der Waals surface area contributed by atoms with Crippen LogP contribution in [0, 0.1) is 0 Å². The van der Waals surface area contributed by atoms with Crippen LogP contribution in [0.1, 0.15) is 16.1 Å². The third-order valence-electron chi connectivity index (χ3n) is 4.89. The van der Waals surface area contributed by atoms with Crippen molar-refractivity contribution in [3.05, 3.63) is 66.1 Å². The van der Waals surface area contributed by atoms with Crippen LogP contribution in [0.3, 0.4) is 0 Å². The summed E-state index contributed by atoms with van der Waals surface area (Å²) in [4.78, 5) is 22.3. The van der Waals surface area contributed by atoms with Gasteiger partial charge < -0.3 is 9.30 Å². The first kappa shape index (κ1) is 17.9. The highest BCUT2D eigenvalue weighted by Gasteiger charge is 2.22. The lowest BCUT2D eigenvalue weighted by Gasteiger charge is -2.34. The van der Waals surface area contributed by atoms with Gasteiger partial charge in [0.25, 0.3) is 5.91 Å². The zero-order chi connectivity index (χ0) is 18.8. The van der Waals surface area contributed by atoms with E-state index >= 15 is 0 Å². The van der Waals surface area contributed by atoms with Gasteiger partial charge in [-0.15, -0.1) is 0 Å². The lowest BCUT2D eigenvalue weighted by Crippen LogP contribution is -2.48. The Morgan fingerprint density at radius 1 is 1.07 bits per heavy atom. The molecule has 1 saturated heterocycles. The van der Waals surface area contributed by atoms with E-state index in [1.165, 1.54) is 0 Å². The van der Waals surface area contributed by atoms with E-state index in [-0.39, 0.29) is 5.91 Å². The maximum Gasteiger partial charge on any atom is 0.253 e. The van der Waals surface area contributed by atoms with Gasteiger partial charge in [-0.05, 0) is 36.4 Å². The number of nitrogens with zero attached hydrogens (tertiary/aromatic N) is 4. The highest BCUT2D eigenvalue weighted by Crippen LogP contribution is 2.14. The van der Waals surface area contributed by atoms with E-state index in [4.69, 9.17) is 0 Å². The fourth-order valence-corrected chi connectivity index (χ4v) is 3.89. The Kier molecular flexibility index (Phi) is 5.05. The van der Waals surface area contributed by atoms with E-state index < -0.39 is 10.8 Å². The van der Waals surface area contributed by atoms with E-state index in [0.29, 0.717) is 18.7 Å². The molecule has 140 valence electrons. The van der Waals surface area contributed by atoms with Crippen molar-refractivity contribution < 1.29 is 9.00 Å². The van der Waals surface area contributed by atoms with Crippen molar-refractivity contribution in [3.8, 4) is 0 Å². The van der Waals surface area contributed by atoms with Gasteiger partial charge in [0.1, 0.15) is 5.65 Å². The first-order chi connectivity index (χ1) is 13.1. The smallest absolute Gasteiger partial charge is 0.253 e. The summed E-state index contributed by atoms with van der Waals surface area (Å²) in [5.41, 5.74) is 2.65. The number of benzene rings is 1. The molecule has 0 spiro atoms. The molecule has 1 fully saturated rings. The fourth-order valence-electron chi connectivity index (χ4n) is 3.37. The second kappa shape index (κ2) is 7.62. The number of carbonyl (C=O) groups is 1. The van der Waals surface area contributed by atoms with Gasteiger partial charge in [-0.2, -0.15) is 0 Å². The molecule has 3 aromatic rings. The van der Waals surface area contributed by atoms with Crippen LogP contribution in [-0.2, 0) is 17.3 Å². The van der Waals surface area contributed by atoms with Gasteiger partial charge in [-0.25, -0.2) is 4.98 Å². The number of rotatable bonds is 4. The Morgan fingerprint density at radius 2 is 1.81 bits per heavy atom.